The number of hydrogen-bond donors (Lipinski definition) is 0. The molecule has 1 aliphatic carbocycles. The summed E-state index contributed by atoms with van der Waals surface area (Å²) in [6.45, 7) is 9.07. The third-order valence-electron chi connectivity index (χ3n) is 5.50. The summed E-state index contributed by atoms with van der Waals surface area (Å²) in [5.74, 6) is 0. The standard InChI is InChI=1S/C20H28N4OS/c1-20(2,3)17-9-10-19(25)24(22-17)12-14-6-5-11-23(14)13-18-21-15-7-4-8-16(15)26-18/h9-10,14H,4-8,11-13H2,1-3H3. The molecule has 0 radical (unpaired) electrons. The first-order valence-corrected chi connectivity index (χ1v) is 10.5. The SMILES string of the molecule is CC(C)(C)c1ccc(=O)n(CC2CCCN2Cc2nc3c(s2)CCC3)n1. The van der Waals surface area contributed by atoms with Gasteiger partial charge in [-0.25, -0.2) is 9.67 Å². The maximum absolute atomic E-state index is 12.3. The van der Waals surface area contributed by atoms with E-state index in [0.717, 1.165) is 31.6 Å². The summed E-state index contributed by atoms with van der Waals surface area (Å²) in [6, 6.07) is 3.90. The molecule has 1 aliphatic heterocycles. The molecule has 3 heterocycles. The van der Waals surface area contributed by atoms with E-state index >= 15 is 0 Å². The van der Waals surface area contributed by atoms with Gasteiger partial charge in [0.2, 0.25) is 0 Å². The maximum atomic E-state index is 12.3. The molecule has 0 amide bonds. The van der Waals surface area contributed by atoms with Crippen LogP contribution < -0.4 is 5.56 Å². The predicted molar refractivity (Wildman–Crippen MR) is 105 cm³/mol. The van der Waals surface area contributed by atoms with Crippen molar-refractivity contribution in [3.63, 3.8) is 0 Å². The zero-order chi connectivity index (χ0) is 18.3. The van der Waals surface area contributed by atoms with Crippen LogP contribution in [0.5, 0.6) is 0 Å². The van der Waals surface area contributed by atoms with Crippen LogP contribution in [0.1, 0.15) is 61.3 Å². The second-order valence-corrected chi connectivity index (χ2v) is 9.75. The lowest BCUT2D eigenvalue weighted by molar-refractivity contribution is 0.215. The number of fused-ring (bicyclic) bond motifs is 1. The summed E-state index contributed by atoms with van der Waals surface area (Å²) in [5.41, 5.74) is 2.25. The fourth-order valence-electron chi connectivity index (χ4n) is 3.97. The highest BCUT2D eigenvalue weighted by Crippen LogP contribution is 2.30. The molecule has 1 unspecified atom stereocenters. The molecule has 0 N–H and O–H groups in total. The summed E-state index contributed by atoms with van der Waals surface area (Å²) < 4.78 is 1.67. The quantitative estimate of drug-likeness (QED) is 0.827. The van der Waals surface area contributed by atoms with Crippen molar-refractivity contribution in [2.24, 2.45) is 0 Å². The molecule has 1 atom stereocenters. The van der Waals surface area contributed by atoms with Crippen molar-refractivity contribution in [3.8, 4) is 0 Å². The van der Waals surface area contributed by atoms with Gasteiger partial charge < -0.3 is 0 Å². The Morgan fingerprint density at radius 1 is 1.23 bits per heavy atom. The van der Waals surface area contributed by atoms with Crippen LogP contribution in [-0.2, 0) is 31.3 Å². The summed E-state index contributed by atoms with van der Waals surface area (Å²) >= 11 is 1.89. The summed E-state index contributed by atoms with van der Waals surface area (Å²) in [6.07, 6.45) is 5.92. The van der Waals surface area contributed by atoms with Gasteiger partial charge in [-0.2, -0.15) is 5.10 Å². The fourth-order valence-corrected chi connectivity index (χ4v) is 5.16. The molecule has 0 aromatic carbocycles. The Morgan fingerprint density at radius 2 is 2.08 bits per heavy atom. The average molecular weight is 373 g/mol. The largest absolute Gasteiger partial charge is 0.292 e. The topological polar surface area (TPSA) is 51.0 Å². The third kappa shape index (κ3) is 3.62. The molecular formula is C20H28N4OS. The number of rotatable bonds is 4. The van der Waals surface area contributed by atoms with E-state index in [9.17, 15) is 4.79 Å². The van der Waals surface area contributed by atoms with E-state index in [2.05, 4.69) is 30.8 Å². The van der Waals surface area contributed by atoms with Crippen LogP contribution in [0.25, 0.3) is 0 Å². The minimum absolute atomic E-state index is 0.00178. The van der Waals surface area contributed by atoms with E-state index in [-0.39, 0.29) is 11.0 Å². The first kappa shape index (κ1) is 17.9. The zero-order valence-electron chi connectivity index (χ0n) is 16.0. The summed E-state index contributed by atoms with van der Waals surface area (Å²) in [7, 11) is 0. The zero-order valence-corrected chi connectivity index (χ0v) is 16.8. The van der Waals surface area contributed by atoms with Crippen molar-refractivity contribution in [2.75, 3.05) is 6.54 Å². The van der Waals surface area contributed by atoms with Gasteiger partial charge in [0.05, 0.1) is 24.5 Å². The highest BCUT2D eigenvalue weighted by atomic mass is 32.1. The molecule has 2 aliphatic rings. The van der Waals surface area contributed by atoms with Crippen LogP contribution in [0.4, 0.5) is 0 Å². The van der Waals surface area contributed by atoms with E-state index in [1.54, 1.807) is 10.7 Å². The van der Waals surface area contributed by atoms with Gasteiger partial charge in [-0.15, -0.1) is 11.3 Å². The molecule has 2 aromatic heterocycles. The highest BCUT2D eigenvalue weighted by Gasteiger charge is 2.28. The van der Waals surface area contributed by atoms with Crippen molar-refractivity contribution in [3.05, 3.63) is 43.8 Å². The number of likely N-dealkylation sites (tertiary alicyclic amines) is 1. The van der Waals surface area contributed by atoms with Crippen molar-refractivity contribution in [1.82, 2.24) is 19.7 Å². The van der Waals surface area contributed by atoms with Gasteiger partial charge in [0.15, 0.2) is 0 Å². The predicted octanol–water partition coefficient (Wildman–Crippen LogP) is 3.15. The number of hydrogen-bond acceptors (Lipinski definition) is 5. The smallest absolute Gasteiger partial charge is 0.266 e. The third-order valence-corrected chi connectivity index (χ3v) is 6.64. The molecule has 1 fully saturated rings. The lowest BCUT2D eigenvalue weighted by Crippen LogP contribution is -2.37. The van der Waals surface area contributed by atoms with Crippen LogP contribution in [0.15, 0.2) is 16.9 Å². The minimum Gasteiger partial charge on any atom is -0.292 e. The van der Waals surface area contributed by atoms with E-state index in [1.165, 1.54) is 34.8 Å². The van der Waals surface area contributed by atoms with Gasteiger partial charge in [-0.05, 0) is 44.7 Å². The molecule has 26 heavy (non-hydrogen) atoms. The van der Waals surface area contributed by atoms with Gasteiger partial charge in [0.1, 0.15) is 5.01 Å². The molecule has 140 valence electrons. The second kappa shape index (κ2) is 6.89. The first-order valence-electron chi connectivity index (χ1n) is 9.70. The van der Waals surface area contributed by atoms with Gasteiger partial charge in [0.25, 0.3) is 5.56 Å². The Bertz CT molecular complexity index is 827. The first-order chi connectivity index (χ1) is 12.4. The van der Waals surface area contributed by atoms with Gasteiger partial charge in [-0.3, -0.25) is 9.69 Å². The molecule has 4 rings (SSSR count). The Hall–Kier alpha value is -1.53. The van der Waals surface area contributed by atoms with Crippen LogP contribution in [-0.4, -0.2) is 32.3 Å². The molecule has 1 saturated heterocycles. The van der Waals surface area contributed by atoms with Crippen molar-refractivity contribution < 1.29 is 0 Å². The normalized spacial score (nSPS) is 20.7. The van der Waals surface area contributed by atoms with Crippen molar-refractivity contribution >= 4 is 11.3 Å². The van der Waals surface area contributed by atoms with Crippen molar-refractivity contribution in [1.29, 1.82) is 0 Å². The van der Waals surface area contributed by atoms with Crippen LogP contribution >= 0.6 is 11.3 Å². The van der Waals surface area contributed by atoms with Gasteiger partial charge >= 0.3 is 0 Å². The Balaban J connectivity index is 1.49. The number of aryl methyl sites for hydroxylation is 2. The van der Waals surface area contributed by atoms with Crippen molar-refractivity contribution in [2.45, 2.75) is 77.4 Å². The molecule has 0 bridgehead atoms. The number of aromatic nitrogens is 3. The van der Waals surface area contributed by atoms with E-state index in [1.807, 2.05) is 17.4 Å². The van der Waals surface area contributed by atoms with E-state index in [0.29, 0.717) is 12.6 Å². The van der Waals surface area contributed by atoms with Gasteiger partial charge in [-0.1, -0.05) is 20.8 Å². The molecular weight excluding hydrogens is 344 g/mol. The molecule has 2 aromatic rings. The Kier molecular flexibility index (Phi) is 4.73. The average Bonchev–Trinajstić information content (AvgIpc) is 3.26. The Labute approximate surface area is 159 Å². The maximum Gasteiger partial charge on any atom is 0.266 e. The minimum atomic E-state index is -0.0493. The highest BCUT2D eigenvalue weighted by molar-refractivity contribution is 7.11. The number of thiazole rings is 1. The fraction of sp³-hybridized carbons (Fsp3) is 0.650. The van der Waals surface area contributed by atoms with E-state index in [4.69, 9.17) is 4.98 Å². The Morgan fingerprint density at radius 3 is 2.85 bits per heavy atom. The summed E-state index contributed by atoms with van der Waals surface area (Å²) in [4.78, 5) is 21.2. The molecule has 0 spiro atoms. The lowest BCUT2D eigenvalue weighted by Gasteiger charge is -2.25. The monoisotopic (exact) mass is 372 g/mol. The van der Waals surface area contributed by atoms with Crippen LogP contribution in [0, 0.1) is 0 Å². The lowest BCUT2D eigenvalue weighted by atomic mass is 9.92. The molecule has 0 saturated carbocycles. The van der Waals surface area contributed by atoms with Crippen LogP contribution in [0.3, 0.4) is 0 Å². The summed E-state index contributed by atoms with van der Waals surface area (Å²) in [5, 5.41) is 5.89. The molecule has 6 heteroatoms. The van der Waals surface area contributed by atoms with Crippen LogP contribution in [0.2, 0.25) is 0 Å². The van der Waals surface area contributed by atoms with Gasteiger partial charge in [0, 0.05) is 22.4 Å². The second-order valence-electron chi connectivity index (χ2n) is 8.59. The number of nitrogens with zero attached hydrogens (tertiary/aromatic N) is 4. The molecule has 5 nitrogen and oxygen atoms in total. The van der Waals surface area contributed by atoms with E-state index < -0.39 is 0 Å².